The molecule has 112 valence electrons. The van der Waals surface area contributed by atoms with E-state index in [2.05, 4.69) is 24.5 Å². The van der Waals surface area contributed by atoms with Crippen molar-refractivity contribution in [3.8, 4) is 0 Å². The Kier molecular flexibility index (Phi) is 5.27. The molecule has 5 heteroatoms. The van der Waals surface area contributed by atoms with E-state index < -0.39 is 0 Å². The van der Waals surface area contributed by atoms with Gasteiger partial charge in [-0.1, -0.05) is 13.8 Å². The van der Waals surface area contributed by atoms with Crippen molar-refractivity contribution in [3.05, 3.63) is 0 Å². The van der Waals surface area contributed by atoms with E-state index in [1.165, 1.54) is 6.42 Å². The number of ether oxygens (including phenoxy) is 1. The average Bonchev–Trinajstić information content (AvgIpc) is 2.34. The first kappa shape index (κ1) is 16.7. The Morgan fingerprint density at radius 1 is 1.32 bits per heavy atom. The fraction of sp³-hybridized carbons (Fsp3) is 0.929. The van der Waals surface area contributed by atoms with Crippen molar-refractivity contribution in [2.24, 2.45) is 5.41 Å². The van der Waals surface area contributed by atoms with E-state index in [0.717, 1.165) is 25.8 Å². The normalized spacial score (nSPS) is 36.8. The molecular weight excluding hydrogens is 264 g/mol. The summed E-state index contributed by atoms with van der Waals surface area (Å²) in [6.07, 6.45) is 4.41. The van der Waals surface area contributed by atoms with Gasteiger partial charge in [0.15, 0.2) is 0 Å². The number of halogens is 1. The predicted molar refractivity (Wildman–Crippen MR) is 78.6 cm³/mol. The molecule has 1 aliphatic carbocycles. The lowest BCUT2D eigenvalue weighted by atomic mass is 9.64. The topological polar surface area (TPSA) is 50.4 Å². The third kappa shape index (κ3) is 3.06. The Morgan fingerprint density at radius 2 is 2.00 bits per heavy atom. The van der Waals surface area contributed by atoms with Crippen molar-refractivity contribution in [1.82, 2.24) is 10.6 Å². The summed E-state index contributed by atoms with van der Waals surface area (Å²) in [4.78, 5) is 12.4. The van der Waals surface area contributed by atoms with Crippen molar-refractivity contribution < 1.29 is 9.53 Å². The highest BCUT2D eigenvalue weighted by atomic mass is 35.5. The Hall–Kier alpha value is -0.320. The maximum absolute atomic E-state index is 12.4. The van der Waals surface area contributed by atoms with Crippen LogP contribution < -0.4 is 10.6 Å². The number of amides is 1. The maximum Gasteiger partial charge on any atom is 0.240 e. The van der Waals surface area contributed by atoms with Gasteiger partial charge in [-0.15, -0.1) is 12.4 Å². The Morgan fingerprint density at radius 3 is 2.47 bits per heavy atom. The molecule has 2 fully saturated rings. The third-order valence-electron chi connectivity index (χ3n) is 4.89. The minimum absolute atomic E-state index is 0. The molecule has 0 aromatic carbocycles. The van der Waals surface area contributed by atoms with Crippen LogP contribution in [0.2, 0.25) is 0 Å². The largest absolute Gasteiger partial charge is 0.381 e. The van der Waals surface area contributed by atoms with E-state index >= 15 is 0 Å². The molecule has 2 rings (SSSR count). The van der Waals surface area contributed by atoms with E-state index in [4.69, 9.17) is 4.74 Å². The van der Waals surface area contributed by atoms with Gasteiger partial charge in [-0.25, -0.2) is 0 Å². The van der Waals surface area contributed by atoms with E-state index in [9.17, 15) is 4.79 Å². The third-order valence-corrected chi connectivity index (χ3v) is 4.89. The molecule has 0 spiro atoms. The molecule has 1 saturated carbocycles. The van der Waals surface area contributed by atoms with Crippen molar-refractivity contribution in [2.75, 3.05) is 13.7 Å². The first-order valence-corrected chi connectivity index (χ1v) is 6.99. The quantitative estimate of drug-likeness (QED) is 0.834. The molecule has 1 heterocycles. The van der Waals surface area contributed by atoms with Crippen LogP contribution in [0.1, 0.15) is 46.5 Å². The van der Waals surface area contributed by atoms with Crippen molar-refractivity contribution in [1.29, 1.82) is 0 Å². The van der Waals surface area contributed by atoms with Gasteiger partial charge in [0.1, 0.15) is 0 Å². The zero-order chi connectivity index (χ0) is 13.4. The zero-order valence-electron chi connectivity index (χ0n) is 12.4. The van der Waals surface area contributed by atoms with E-state index in [1.807, 2.05) is 6.92 Å². The summed E-state index contributed by atoms with van der Waals surface area (Å²) in [5.41, 5.74) is -0.345. The lowest BCUT2D eigenvalue weighted by molar-refractivity contribution is -0.138. The number of piperidine rings is 1. The number of nitrogens with one attached hydrogen (secondary N) is 2. The molecule has 3 atom stereocenters. The van der Waals surface area contributed by atoms with Crippen molar-refractivity contribution >= 4 is 18.3 Å². The number of hydrogen-bond donors (Lipinski definition) is 2. The van der Waals surface area contributed by atoms with Crippen LogP contribution in [-0.4, -0.2) is 37.2 Å². The molecule has 19 heavy (non-hydrogen) atoms. The second kappa shape index (κ2) is 5.98. The van der Waals surface area contributed by atoms with Crippen LogP contribution in [0.25, 0.3) is 0 Å². The summed E-state index contributed by atoms with van der Waals surface area (Å²) in [6, 6.07) is 0.232. The average molecular weight is 291 g/mol. The summed E-state index contributed by atoms with van der Waals surface area (Å²) in [6.45, 7) is 7.28. The lowest BCUT2D eigenvalue weighted by Gasteiger charge is -2.52. The smallest absolute Gasteiger partial charge is 0.240 e. The monoisotopic (exact) mass is 290 g/mol. The standard InChI is InChI=1S/C14H26N2O2.ClH/c1-13(2)10(9-11(13)18-4)16-12(17)14(3)7-5-6-8-15-14;/h10-11,15H,5-9H2,1-4H3,(H,16,17);1H. The molecule has 0 radical (unpaired) electrons. The van der Waals surface area contributed by atoms with E-state index in [-0.39, 0.29) is 41.4 Å². The van der Waals surface area contributed by atoms with Crippen LogP contribution in [0.4, 0.5) is 0 Å². The molecule has 1 aliphatic heterocycles. The Labute approximate surface area is 122 Å². The second-order valence-corrected chi connectivity index (χ2v) is 6.52. The summed E-state index contributed by atoms with van der Waals surface area (Å²) in [5, 5.41) is 6.56. The SMILES string of the molecule is COC1CC(NC(=O)C2(C)CCCCN2)C1(C)C.Cl. The molecule has 0 bridgehead atoms. The lowest BCUT2D eigenvalue weighted by Crippen LogP contribution is -2.66. The van der Waals surface area contributed by atoms with Crippen LogP contribution in [-0.2, 0) is 9.53 Å². The molecule has 0 aromatic heterocycles. The Bertz CT molecular complexity index is 327. The minimum atomic E-state index is -0.382. The fourth-order valence-electron chi connectivity index (χ4n) is 3.10. The van der Waals surface area contributed by atoms with Gasteiger partial charge in [0.05, 0.1) is 11.6 Å². The zero-order valence-corrected chi connectivity index (χ0v) is 13.2. The molecule has 0 aromatic rings. The van der Waals surface area contributed by atoms with Crippen LogP contribution in [0.5, 0.6) is 0 Å². The van der Waals surface area contributed by atoms with Gasteiger partial charge in [-0.2, -0.15) is 0 Å². The maximum atomic E-state index is 12.4. The van der Waals surface area contributed by atoms with Crippen LogP contribution in [0, 0.1) is 5.41 Å². The number of methoxy groups -OCH3 is 1. The van der Waals surface area contributed by atoms with Gasteiger partial charge in [0.25, 0.3) is 0 Å². The van der Waals surface area contributed by atoms with Gasteiger partial charge < -0.3 is 15.4 Å². The summed E-state index contributed by atoms with van der Waals surface area (Å²) in [5.74, 6) is 0.148. The second-order valence-electron chi connectivity index (χ2n) is 6.52. The molecule has 4 nitrogen and oxygen atoms in total. The van der Waals surface area contributed by atoms with Crippen molar-refractivity contribution in [2.45, 2.75) is 64.1 Å². The highest BCUT2D eigenvalue weighted by molar-refractivity contribution is 5.86. The molecular formula is C14H27ClN2O2. The van der Waals surface area contributed by atoms with Crippen molar-refractivity contribution in [3.63, 3.8) is 0 Å². The van der Waals surface area contributed by atoms with Gasteiger partial charge in [-0.05, 0) is 39.2 Å². The van der Waals surface area contributed by atoms with Crippen LogP contribution in [0.15, 0.2) is 0 Å². The van der Waals surface area contributed by atoms with Gasteiger partial charge in [0.2, 0.25) is 5.91 Å². The van der Waals surface area contributed by atoms with Gasteiger partial charge in [0, 0.05) is 18.6 Å². The number of carbonyl (C=O) groups is 1. The molecule has 1 amide bonds. The highest BCUT2D eigenvalue weighted by Gasteiger charge is 2.50. The van der Waals surface area contributed by atoms with E-state index in [0.29, 0.717) is 0 Å². The fourth-order valence-corrected chi connectivity index (χ4v) is 3.10. The minimum Gasteiger partial charge on any atom is -0.381 e. The molecule has 2 N–H and O–H groups in total. The Balaban J connectivity index is 0.00000180. The van der Waals surface area contributed by atoms with Gasteiger partial charge in [-0.3, -0.25) is 4.79 Å². The summed E-state index contributed by atoms with van der Waals surface area (Å²) in [7, 11) is 1.74. The predicted octanol–water partition coefficient (Wildman–Crippen LogP) is 1.87. The number of carbonyl (C=O) groups excluding carboxylic acids is 1. The van der Waals surface area contributed by atoms with E-state index in [1.54, 1.807) is 7.11 Å². The number of hydrogen-bond acceptors (Lipinski definition) is 3. The highest BCUT2D eigenvalue weighted by Crippen LogP contribution is 2.42. The molecule has 2 aliphatic rings. The first-order valence-electron chi connectivity index (χ1n) is 6.99. The molecule has 3 unspecified atom stereocenters. The van der Waals surface area contributed by atoms with Gasteiger partial charge >= 0.3 is 0 Å². The van der Waals surface area contributed by atoms with Crippen LogP contribution >= 0.6 is 12.4 Å². The number of rotatable bonds is 3. The summed E-state index contributed by atoms with van der Waals surface area (Å²) < 4.78 is 5.42. The first-order chi connectivity index (χ1) is 8.40. The molecule has 1 saturated heterocycles. The van der Waals surface area contributed by atoms with Crippen LogP contribution in [0.3, 0.4) is 0 Å². The summed E-state index contributed by atoms with van der Waals surface area (Å²) >= 11 is 0.